The van der Waals surface area contributed by atoms with E-state index >= 15 is 0 Å². The molecular weight excluding hydrogens is 356 g/mol. The van der Waals surface area contributed by atoms with Crippen LogP contribution in [0.25, 0.3) is 0 Å². The summed E-state index contributed by atoms with van der Waals surface area (Å²) in [6.45, 7) is -0.292. The van der Waals surface area contributed by atoms with Crippen molar-refractivity contribution in [2.75, 3.05) is 25.5 Å². The van der Waals surface area contributed by atoms with Crippen LogP contribution in [0.5, 0.6) is 0 Å². The summed E-state index contributed by atoms with van der Waals surface area (Å²) in [4.78, 5) is 37.1. The number of nitrogens with one attached hydrogen (secondary N) is 2. The molecule has 4 N–H and O–H groups in total. The number of carbonyl (C=O) groups is 3. The monoisotopic (exact) mass is 382 g/mol. The second-order valence-electron chi connectivity index (χ2n) is 6.31. The van der Waals surface area contributed by atoms with Crippen LogP contribution in [-0.2, 0) is 9.59 Å². The van der Waals surface area contributed by atoms with Gasteiger partial charge in [0.2, 0.25) is 11.8 Å². The van der Waals surface area contributed by atoms with E-state index in [0.717, 1.165) is 12.8 Å². The van der Waals surface area contributed by atoms with Gasteiger partial charge in [-0.1, -0.05) is 19.3 Å². The number of benzene rings is 1. The Morgan fingerprint density at radius 1 is 1.08 bits per heavy atom. The lowest BCUT2D eigenvalue weighted by Gasteiger charge is -2.31. The molecule has 0 unspecified atom stereocenters. The molecule has 2 rings (SSSR count). The van der Waals surface area contributed by atoms with Gasteiger partial charge in [0.25, 0.3) is 5.91 Å². The number of nitrogens with zero attached hydrogens (tertiary/aromatic N) is 1. The Labute approximate surface area is 160 Å². The molecule has 1 aromatic carbocycles. The van der Waals surface area contributed by atoms with Gasteiger partial charge in [0, 0.05) is 24.3 Å². The van der Waals surface area contributed by atoms with E-state index < -0.39 is 0 Å². The van der Waals surface area contributed by atoms with Crippen molar-refractivity contribution in [2.45, 2.75) is 38.1 Å². The van der Waals surface area contributed by atoms with Gasteiger partial charge < -0.3 is 21.3 Å². The number of hydrogen-bond donors (Lipinski definition) is 3. The molecule has 0 radical (unpaired) electrons. The molecule has 144 valence electrons. The Hall–Kier alpha value is -2.12. The summed E-state index contributed by atoms with van der Waals surface area (Å²) >= 11 is 0. The Morgan fingerprint density at radius 2 is 1.69 bits per heavy atom. The number of anilines is 1. The molecule has 8 heteroatoms. The molecule has 1 aliphatic rings. The van der Waals surface area contributed by atoms with Crippen LogP contribution in [0.4, 0.5) is 5.69 Å². The molecule has 7 nitrogen and oxygen atoms in total. The summed E-state index contributed by atoms with van der Waals surface area (Å²) in [6, 6.07) is 7.09. The third-order valence-corrected chi connectivity index (χ3v) is 4.49. The van der Waals surface area contributed by atoms with Gasteiger partial charge in [0.1, 0.15) is 0 Å². The van der Waals surface area contributed by atoms with Gasteiger partial charge in [0.15, 0.2) is 0 Å². The van der Waals surface area contributed by atoms with E-state index in [9.17, 15) is 14.4 Å². The molecule has 0 saturated heterocycles. The fourth-order valence-corrected chi connectivity index (χ4v) is 2.99. The predicted octanol–water partition coefficient (Wildman–Crippen LogP) is 1.53. The van der Waals surface area contributed by atoms with Gasteiger partial charge >= 0.3 is 0 Å². The molecule has 0 aromatic heterocycles. The summed E-state index contributed by atoms with van der Waals surface area (Å²) in [5.41, 5.74) is 6.33. The van der Waals surface area contributed by atoms with Gasteiger partial charge in [-0.2, -0.15) is 0 Å². The summed E-state index contributed by atoms with van der Waals surface area (Å²) in [5, 5.41) is 5.06. The number of hydrogen-bond acceptors (Lipinski definition) is 4. The normalized spacial score (nSPS) is 14.1. The second kappa shape index (κ2) is 10.8. The molecule has 1 fully saturated rings. The topological polar surface area (TPSA) is 105 Å². The third-order valence-electron chi connectivity index (χ3n) is 4.49. The first kappa shape index (κ1) is 21.9. The van der Waals surface area contributed by atoms with E-state index in [1.165, 1.54) is 19.3 Å². The zero-order valence-corrected chi connectivity index (χ0v) is 15.8. The minimum Gasteiger partial charge on any atom is -0.346 e. The lowest BCUT2D eigenvalue weighted by Crippen LogP contribution is -2.38. The summed E-state index contributed by atoms with van der Waals surface area (Å²) < 4.78 is 0. The van der Waals surface area contributed by atoms with E-state index in [-0.39, 0.29) is 43.2 Å². The standard InChI is InChI=1S/C18H26N4O3.ClH/c1-22(15-5-3-2-4-6-15)18(25)13-7-9-14(10-8-13)21-17(24)12-20-16(23)11-19;/h7-10,15H,2-6,11-12,19H2,1H3,(H,20,23)(H,21,24);1H. The Bertz CT molecular complexity index is 615. The van der Waals surface area contributed by atoms with Crippen molar-refractivity contribution < 1.29 is 14.4 Å². The second-order valence-corrected chi connectivity index (χ2v) is 6.31. The van der Waals surface area contributed by atoms with Crippen LogP contribution >= 0.6 is 12.4 Å². The average Bonchev–Trinajstić information content (AvgIpc) is 2.66. The molecule has 0 bridgehead atoms. The van der Waals surface area contributed by atoms with E-state index in [0.29, 0.717) is 17.3 Å². The maximum Gasteiger partial charge on any atom is 0.253 e. The SMILES string of the molecule is CN(C(=O)c1ccc(NC(=O)CNC(=O)CN)cc1)C1CCCCC1.Cl. The predicted molar refractivity (Wildman–Crippen MR) is 103 cm³/mol. The molecular formula is C18H27ClN4O3. The maximum absolute atomic E-state index is 12.6. The Morgan fingerprint density at radius 3 is 2.27 bits per heavy atom. The van der Waals surface area contributed by atoms with Crippen LogP contribution in [0.3, 0.4) is 0 Å². The number of amides is 3. The molecule has 0 atom stereocenters. The lowest BCUT2D eigenvalue weighted by atomic mass is 9.94. The quantitative estimate of drug-likeness (QED) is 0.693. The molecule has 0 heterocycles. The van der Waals surface area contributed by atoms with E-state index in [2.05, 4.69) is 10.6 Å². The van der Waals surface area contributed by atoms with Gasteiger partial charge in [0.05, 0.1) is 13.1 Å². The molecule has 26 heavy (non-hydrogen) atoms. The fourth-order valence-electron chi connectivity index (χ4n) is 2.99. The highest BCUT2D eigenvalue weighted by Crippen LogP contribution is 2.23. The van der Waals surface area contributed by atoms with Crippen molar-refractivity contribution in [3.8, 4) is 0 Å². The number of carbonyl (C=O) groups excluding carboxylic acids is 3. The summed E-state index contributed by atoms with van der Waals surface area (Å²) in [5.74, 6) is -0.734. The molecule has 1 aliphatic carbocycles. The van der Waals surface area contributed by atoms with E-state index in [1.807, 2.05) is 11.9 Å². The van der Waals surface area contributed by atoms with Gasteiger partial charge in [-0.25, -0.2) is 0 Å². The van der Waals surface area contributed by atoms with Crippen LogP contribution in [0.2, 0.25) is 0 Å². The molecule has 0 spiro atoms. The summed E-state index contributed by atoms with van der Waals surface area (Å²) in [6.07, 6.45) is 5.72. The lowest BCUT2D eigenvalue weighted by molar-refractivity contribution is -0.123. The largest absolute Gasteiger partial charge is 0.346 e. The third kappa shape index (κ3) is 6.31. The zero-order valence-electron chi connectivity index (χ0n) is 15.0. The Kier molecular flexibility index (Phi) is 9.09. The van der Waals surface area contributed by atoms with E-state index in [1.54, 1.807) is 24.3 Å². The molecule has 0 aliphatic heterocycles. The number of nitrogens with two attached hydrogens (primary N) is 1. The van der Waals surface area contributed by atoms with Crippen molar-refractivity contribution in [3.05, 3.63) is 29.8 Å². The van der Waals surface area contributed by atoms with Crippen molar-refractivity contribution in [2.24, 2.45) is 5.73 Å². The minimum atomic E-state index is -0.387. The van der Waals surface area contributed by atoms with E-state index in [4.69, 9.17) is 5.73 Å². The van der Waals surface area contributed by atoms with Gasteiger partial charge in [-0.3, -0.25) is 14.4 Å². The first-order valence-corrected chi connectivity index (χ1v) is 8.65. The van der Waals surface area contributed by atoms with Crippen molar-refractivity contribution in [1.29, 1.82) is 0 Å². The van der Waals surface area contributed by atoms with Gasteiger partial charge in [-0.05, 0) is 37.1 Å². The highest BCUT2D eigenvalue weighted by molar-refractivity contribution is 5.97. The summed E-state index contributed by atoms with van der Waals surface area (Å²) in [7, 11) is 1.86. The first-order valence-electron chi connectivity index (χ1n) is 8.65. The van der Waals surface area contributed by atoms with Crippen molar-refractivity contribution in [1.82, 2.24) is 10.2 Å². The zero-order chi connectivity index (χ0) is 18.2. The van der Waals surface area contributed by atoms with Crippen LogP contribution in [-0.4, -0.2) is 48.8 Å². The fraction of sp³-hybridized carbons (Fsp3) is 0.500. The van der Waals surface area contributed by atoms with Crippen molar-refractivity contribution >= 4 is 35.8 Å². The maximum atomic E-state index is 12.6. The van der Waals surface area contributed by atoms with Crippen LogP contribution in [0.1, 0.15) is 42.5 Å². The van der Waals surface area contributed by atoms with Crippen LogP contribution in [0.15, 0.2) is 24.3 Å². The molecule has 1 saturated carbocycles. The van der Waals surface area contributed by atoms with Crippen molar-refractivity contribution in [3.63, 3.8) is 0 Å². The van der Waals surface area contributed by atoms with Crippen LogP contribution < -0.4 is 16.4 Å². The highest BCUT2D eigenvalue weighted by Gasteiger charge is 2.22. The smallest absolute Gasteiger partial charge is 0.253 e. The minimum absolute atomic E-state index is 0. The number of rotatable bonds is 6. The van der Waals surface area contributed by atoms with Gasteiger partial charge in [-0.15, -0.1) is 12.4 Å². The molecule has 1 aromatic rings. The van der Waals surface area contributed by atoms with Crippen LogP contribution in [0, 0.1) is 0 Å². The Balaban J connectivity index is 0.00000338. The average molecular weight is 383 g/mol. The number of halogens is 1. The first-order chi connectivity index (χ1) is 12.0. The highest BCUT2D eigenvalue weighted by atomic mass is 35.5. The molecule has 3 amide bonds.